The minimum absolute atomic E-state index is 0.216. The predicted octanol–water partition coefficient (Wildman–Crippen LogP) is 6.74. The minimum atomic E-state index is -0.216. The summed E-state index contributed by atoms with van der Waals surface area (Å²) in [6, 6.07) is 28.1. The Labute approximate surface area is 189 Å². The molecule has 32 heavy (non-hydrogen) atoms. The first-order valence-corrected chi connectivity index (χ1v) is 11.1. The van der Waals surface area contributed by atoms with Crippen LogP contribution < -0.4 is 0 Å². The maximum Gasteiger partial charge on any atom is 0.123 e. The van der Waals surface area contributed by atoms with Gasteiger partial charge in [-0.1, -0.05) is 60.4 Å². The SMILES string of the molecule is COCCCc1ccc(CCc2ccc(C#Cc3ccc4cc(F)ccc4c3)cc2)cc1. The third kappa shape index (κ3) is 6.06. The molecule has 0 aliphatic heterocycles. The van der Waals surface area contributed by atoms with Gasteiger partial charge in [0.15, 0.2) is 0 Å². The number of benzene rings is 4. The van der Waals surface area contributed by atoms with Crippen molar-refractivity contribution in [1.29, 1.82) is 0 Å². The summed E-state index contributed by atoms with van der Waals surface area (Å²) in [5.41, 5.74) is 5.97. The Hall–Kier alpha value is -3.41. The first kappa shape index (κ1) is 21.8. The zero-order valence-electron chi connectivity index (χ0n) is 18.4. The average molecular weight is 423 g/mol. The van der Waals surface area contributed by atoms with Crippen molar-refractivity contribution >= 4 is 10.8 Å². The number of aryl methyl sites for hydroxylation is 3. The molecular formula is C30H27FO. The van der Waals surface area contributed by atoms with Gasteiger partial charge in [0.1, 0.15) is 5.82 Å². The molecule has 0 aliphatic rings. The van der Waals surface area contributed by atoms with Crippen LogP contribution in [-0.4, -0.2) is 13.7 Å². The van der Waals surface area contributed by atoms with Gasteiger partial charge in [-0.25, -0.2) is 4.39 Å². The van der Waals surface area contributed by atoms with Crippen LogP contribution in [0.1, 0.15) is 34.2 Å². The van der Waals surface area contributed by atoms with E-state index in [9.17, 15) is 4.39 Å². The van der Waals surface area contributed by atoms with E-state index in [4.69, 9.17) is 4.74 Å². The van der Waals surface area contributed by atoms with Crippen molar-refractivity contribution in [2.24, 2.45) is 0 Å². The van der Waals surface area contributed by atoms with E-state index in [0.29, 0.717) is 0 Å². The second-order valence-corrected chi connectivity index (χ2v) is 8.07. The molecule has 0 unspecified atom stereocenters. The van der Waals surface area contributed by atoms with E-state index >= 15 is 0 Å². The molecule has 0 radical (unpaired) electrons. The Morgan fingerprint density at radius 2 is 1.16 bits per heavy atom. The van der Waals surface area contributed by atoms with E-state index in [1.807, 2.05) is 18.2 Å². The Balaban J connectivity index is 1.33. The summed E-state index contributed by atoms with van der Waals surface area (Å²) in [6.45, 7) is 0.811. The molecule has 1 nitrogen and oxygen atoms in total. The molecule has 0 fully saturated rings. The van der Waals surface area contributed by atoms with E-state index < -0.39 is 0 Å². The zero-order valence-corrected chi connectivity index (χ0v) is 18.4. The second-order valence-electron chi connectivity index (χ2n) is 8.07. The van der Waals surface area contributed by atoms with Gasteiger partial charge in [-0.3, -0.25) is 0 Å². The van der Waals surface area contributed by atoms with Crippen LogP contribution in [0.5, 0.6) is 0 Å². The van der Waals surface area contributed by atoms with Crippen LogP contribution in [0, 0.1) is 17.7 Å². The Morgan fingerprint density at radius 3 is 1.84 bits per heavy atom. The third-order valence-corrected chi connectivity index (χ3v) is 5.65. The largest absolute Gasteiger partial charge is 0.385 e. The molecule has 0 aromatic heterocycles. The van der Waals surface area contributed by atoms with E-state index in [0.717, 1.165) is 54.2 Å². The van der Waals surface area contributed by atoms with Gasteiger partial charge < -0.3 is 4.74 Å². The number of fused-ring (bicyclic) bond motifs is 1. The van der Waals surface area contributed by atoms with Crippen LogP contribution >= 0.6 is 0 Å². The summed E-state index contributed by atoms with van der Waals surface area (Å²) in [4.78, 5) is 0. The fourth-order valence-corrected chi connectivity index (χ4v) is 3.78. The number of methoxy groups -OCH3 is 1. The lowest BCUT2D eigenvalue weighted by Gasteiger charge is -2.05. The molecule has 160 valence electrons. The predicted molar refractivity (Wildman–Crippen MR) is 130 cm³/mol. The molecule has 4 aromatic carbocycles. The Kier molecular flexibility index (Phi) is 7.33. The van der Waals surface area contributed by atoms with E-state index in [2.05, 4.69) is 60.4 Å². The van der Waals surface area contributed by atoms with Gasteiger partial charge in [-0.05, 0) is 89.5 Å². The molecule has 2 heteroatoms. The van der Waals surface area contributed by atoms with Crippen LogP contribution in [0.2, 0.25) is 0 Å². The van der Waals surface area contributed by atoms with Crippen molar-refractivity contribution in [3.63, 3.8) is 0 Å². The molecule has 0 heterocycles. The molecule has 0 atom stereocenters. The number of rotatable bonds is 7. The van der Waals surface area contributed by atoms with Crippen molar-refractivity contribution in [3.8, 4) is 11.8 Å². The minimum Gasteiger partial charge on any atom is -0.385 e. The fraction of sp³-hybridized carbons (Fsp3) is 0.200. The first-order valence-electron chi connectivity index (χ1n) is 11.1. The van der Waals surface area contributed by atoms with Gasteiger partial charge in [-0.2, -0.15) is 0 Å². The molecule has 4 rings (SSSR count). The normalized spacial score (nSPS) is 10.7. The van der Waals surface area contributed by atoms with Gasteiger partial charge in [0, 0.05) is 24.8 Å². The number of ether oxygens (including phenoxy) is 1. The van der Waals surface area contributed by atoms with Crippen LogP contribution in [-0.2, 0) is 24.0 Å². The van der Waals surface area contributed by atoms with Gasteiger partial charge in [0.05, 0.1) is 0 Å². The summed E-state index contributed by atoms with van der Waals surface area (Å²) < 4.78 is 18.4. The van der Waals surface area contributed by atoms with Crippen LogP contribution in [0.25, 0.3) is 10.8 Å². The van der Waals surface area contributed by atoms with Gasteiger partial charge in [-0.15, -0.1) is 0 Å². The molecular weight excluding hydrogens is 395 g/mol. The summed E-state index contributed by atoms with van der Waals surface area (Å²) in [6.07, 6.45) is 4.17. The first-order chi connectivity index (χ1) is 15.7. The van der Waals surface area contributed by atoms with Gasteiger partial charge >= 0.3 is 0 Å². The van der Waals surface area contributed by atoms with Crippen LogP contribution in [0.4, 0.5) is 4.39 Å². The molecule has 0 bridgehead atoms. The zero-order chi connectivity index (χ0) is 22.2. The lowest BCUT2D eigenvalue weighted by atomic mass is 10.0. The van der Waals surface area contributed by atoms with Crippen LogP contribution in [0.15, 0.2) is 84.9 Å². The van der Waals surface area contributed by atoms with Crippen molar-refractivity contribution in [2.45, 2.75) is 25.7 Å². The highest BCUT2D eigenvalue weighted by Gasteiger charge is 1.99. The molecule has 0 N–H and O–H groups in total. The lowest BCUT2D eigenvalue weighted by molar-refractivity contribution is 0.195. The molecule has 0 amide bonds. The van der Waals surface area contributed by atoms with E-state index in [-0.39, 0.29) is 5.82 Å². The molecule has 0 saturated heterocycles. The Morgan fingerprint density at radius 1 is 0.625 bits per heavy atom. The number of halogens is 1. The second kappa shape index (κ2) is 10.8. The lowest BCUT2D eigenvalue weighted by Crippen LogP contribution is -1.94. The molecule has 0 spiro atoms. The van der Waals surface area contributed by atoms with Gasteiger partial charge in [0.2, 0.25) is 0 Å². The van der Waals surface area contributed by atoms with Gasteiger partial charge in [0.25, 0.3) is 0 Å². The average Bonchev–Trinajstić information content (AvgIpc) is 2.83. The maximum atomic E-state index is 13.3. The topological polar surface area (TPSA) is 9.23 Å². The van der Waals surface area contributed by atoms with Crippen molar-refractivity contribution in [1.82, 2.24) is 0 Å². The summed E-state index contributed by atoms with van der Waals surface area (Å²) >= 11 is 0. The van der Waals surface area contributed by atoms with E-state index in [1.165, 1.54) is 22.8 Å². The van der Waals surface area contributed by atoms with Crippen molar-refractivity contribution in [2.75, 3.05) is 13.7 Å². The van der Waals surface area contributed by atoms with E-state index in [1.54, 1.807) is 19.2 Å². The fourth-order valence-electron chi connectivity index (χ4n) is 3.78. The summed E-state index contributed by atoms with van der Waals surface area (Å²) in [5.74, 6) is 6.23. The van der Waals surface area contributed by atoms with Crippen molar-refractivity contribution in [3.05, 3.63) is 119 Å². The monoisotopic (exact) mass is 422 g/mol. The highest BCUT2D eigenvalue weighted by atomic mass is 19.1. The van der Waals surface area contributed by atoms with Crippen molar-refractivity contribution < 1.29 is 9.13 Å². The standard InChI is InChI=1S/C30H27FO/c1-32-20-2-3-23-4-6-24(7-5-23)8-9-25-10-12-26(13-11-25)14-15-27-16-17-29-22-30(31)19-18-28(29)21-27/h4-7,10-13,16-19,21-22H,2-3,8-9,20H2,1H3. The quantitative estimate of drug-likeness (QED) is 0.237. The molecule has 4 aromatic rings. The highest BCUT2D eigenvalue weighted by molar-refractivity contribution is 5.83. The molecule has 0 saturated carbocycles. The summed E-state index contributed by atoms with van der Waals surface area (Å²) in [5, 5.41) is 1.89. The number of hydrogen-bond donors (Lipinski definition) is 0. The van der Waals surface area contributed by atoms with Crippen LogP contribution in [0.3, 0.4) is 0 Å². The number of hydrogen-bond acceptors (Lipinski definition) is 1. The molecule has 0 aliphatic carbocycles. The summed E-state index contributed by atoms with van der Waals surface area (Å²) in [7, 11) is 1.75. The Bertz CT molecular complexity index is 1230. The smallest absolute Gasteiger partial charge is 0.123 e. The third-order valence-electron chi connectivity index (χ3n) is 5.65. The maximum absolute atomic E-state index is 13.3. The highest BCUT2D eigenvalue weighted by Crippen LogP contribution is 2.17.